The summed E-state index contributed by atoms with van der Waals surface area (Å²) >= 11 is 0. The van der Waals surface area contributed by atoms with Crippen LogP contribution < -0.4 is 15.0 Å². The lowest BCUT2D eigenvalue weighted by Crippen LogP contribution is -2.44. The van der Waals surface area contributed by atoms with Gasteiger partial charge in [-0.1, -0.05) is 6.07 Å². The Balaban J connectivity index is 1.52. The Morgan fingerprint density at radius 3 is 2.61 bits per heavy atom. The second kappa shape index (κ2) is 8.03. The average Bonchev–Trinajstić information content (AvgIpc) is 3.15. The van der Waals surface area contributed by atoms with Crippen LogP contribution in [0.2, 0.25) is 0 Å². The monoisotopic (exact) mass is 379 g/mol. The highest BCUT2D eigenvalue weighted by Gasteiger charge is 2.43. The minimum absolute atomic E-state index is 0.144. The van der Waals surface area contributed by atoms with Crippen molar-refractivity contribution < 1.29 is 9.47 Å². The first-order valence-electron chi connectivity index (χ1n) is 9.62. The molecule has 0 radical (unpaired) electrons. The summed E-state index contributed by atoms with van der Waals surface area (Å²) in [7, 11) is 3.33. The van der Waals surface area contributed by atoms with Crippen LogP contribution >= 0.6 is 0 Å². The van der Waals surface area contributed by atoms with Gasteiger partial charge in [0.05, 0.1) is 24.9 Å². The summed E-state index contributed by atoms with van der Waals surface area (Å²) in [5, 5.41) is 13.2. The maximum absolute atomic E-state index is 9.60. The maximum Gasteiger partial charge on any atom is 0.233 e. The molecule has 0 spiro atoms. The highest BCUT2D eigenvalue weighted by atomic mass is 16.5. The molecule has 2 fully saturated rings. The zero-order valence-electron chi connectivity index (χ0n) is 16.2. The van der Waals surface area contributed by atoms with Crippen molar-refractivity contribution in [1.29, 1.82) is 5.26 Å². The van der Waals surface area contributed by atoms with Gasteiger partial charge in [-0.25, -0.2) is 9.97 Å². The number of nitriles is 1. The number of anilines is 2. The van der Waals surface area contributed by atoms with Crippen molar-refractivity contribution in [2.75, 3.05) is 37.5 Å². The third kappa shape index (κ3) is 3.48. The van der Waals surface area contributed by atoms with Crippen LogP contribution in [0.4, 0.5) is 11.5 Å². The molecule has 0 bridgehead atoms. The van der Waals surface area contributed by atoms with Crippen LogP contribution in [-0.4, -0.2) is 49.4 Å². The van der Waals surface area contributed by atoms with E-state index in [-0.39, 0.29) is 12.1 Å². The predicted octanol–water partition coefficient (Wildman–Crippen LogP) is 2.70. The van der Waals surface area contributed by atoms with Crippen molar-refractivity contribution >= 4 is 11.5 Å². The van der Waals surface area contributed by atoms with Crippen molar-refractivity contribution in [2.45, 2.75) is 25.0 Å². The van der Waals surface area contributed by atoms with Crippen LogP contribution in [0.25, 0.3) is 0 Å². The Hall–Kier alpha value is -2.85. The quantitative estimate of drug-likeness (QED) is 0.855. The standard InChI is InChI=1S/C21H25N5O2/c1-27-19-10-15-13-26(18-6-8-24-21(28-2)16(18)11-22)12-14(15)9-17(19)25-20-5-3-4-7-23-20/h3-8,14-15,17,19H,9-10,12-13H2,1-2H3,(H,23,25)/t14-,15+,17-,19-/m1/s1. The molecule has 0 unspecified atom stereocenters. The Kier molecular flexibility index (Phi) is 5.31. The summed E-state index contributed by atoms with van der Waals surface area (Å²) in [6.07, 6.45) is 5.66. The smallest absolute Gasteiger partial charge is 0.233 e. The van der Waals surface area contributed by atoms with Gasteiger partial charge in [-0.15, -0.1) is 0 Å². The summed E-state index contributed by atoms with van der Waals surface area (Å²) in [6, 6.07) is 10.3. The van der Waals surface area contributed by atoms with Crippen LogP contribution in [0.1, 0.15) is 18.4 Å². The number of fused-ring (bicyclic) bond motifs is 1. The molecule has 28 heavy (non-hydrogen) atoms. The van der Waals surface area contributed by atoms with Crippen LogP contribution in [0, 0.1) is 23.2 Å². The van der Waals surface area contributed by atoms with E-state index >= 15 is 0 Å². The van der Waals surface area contributed by atoms with E-state index < -0.39 is 0 Å². The zero-order valence-corrected chi connectivity index (χ0v) is 16.2. The van der Waals surface area contributed by atoms with Crippen LogP contribution in [0.3, 0.4) is 0 Å². The molecule has 1 aliphatic heterocycles. The Labute approximate surface area is 165 Å². The molecule has 4 atom stereocenters. The number of hydrogen-bond donors (Lipinski definition) is 1. The SMILES string of the molecule is COc1nccc(N2C[C@H]3C[C@@H](Nc4ccccn4)[C@H](OC)C[C@H]3C2)c1C#N. The predicted molar refractivity (Wildman–Crippen MR) is 106 cm³/mol. The van der Waals surface area contributed by atoms with Gasteiger partial charge in [-0.3, -0.25) is 0 Å². The molecular weight excluding hydrogens is 354 g/mol. The molecule has 7 heteroatoms. The third-order valence-corrected chi connectivity index (χ3v) is 5.96. The molecule has 3 heterocycles. The van der Waals surface area contributed by atoms with Crippen molar-refractivity contribution in [1.82, 2.24) is 9.97 Å². The Morgan fingerprint density at radius 1 is 1.11 bits per heavy atom. The molecule has 1 saturated carbocycles. The molecule has 4 rings (SSSR count). The van der Waals surface area contributed by atoms with Gasteiger partial charge in [-0.05, 0) is 42.9 Å². The van der Waals surface area contributed by atoms with E-state index in [1.807, 2.05) is 24.3 Å². The number of hydrogen-bond acceptors (Lipinski definition) is 7. The number of methoxy groups -OCH3 is 2. The minimum Gasteiger partial charge on any atom is -0.480 e. The molecule has 2 aliphatic rings. The van der Waals surface area contributed by atoms with Crippen LogP contribution in [0.15, 0.2) is 36.7 Å². The van der Waals surface area contributed by atoms with Crippen molar-refractivity contribution in [3.63, 3.8) is 0 Å². The number of aromatic nitrogens is 2. The summed E-state index contributed by atoms with van der Waals surface area (Å²) in [6.45, 7) is 1.84. The van der Waals surface area contributed by atoms with Gasteiger partial charge in [0.2, 0.25) is 5.88 Å². The van der Waals surface area contributed by atoms with E-state index in [4.69, 9.17) is 9.47 Å². The summed E-state index contributed by atoms with van der Waals surface area (Å²) in [5.74, 6) is 2.35. The Morgan fingerprint density at radius 2 is 1.93 bits per heavy atom. The average molecular weight is 379 g/mol. The van der Waals surface area contributed by atoms with E-state index in [9.17, 15) is 5.26 Å². The van der Waals surface area contributed by atoms with Crippen LogP contribution in [0.5, 0.6) is 5.88 Å². The van der Waals surface area contributed by atoms with Crippen molar-refractivity contribution in [2.24, 2.45) is 11.8 Å². The van der Waals surface area contributed by atoms with Gasteiger partial charge in [-0.2, -0.15) is 5.26 Å². The topological polar surface area (TPSA) is 83.3 Å². The van der Waals surface area contributed by atoms with E-state index in [1.54, 1.807) is 26.6 Å². The van der Waals surface area contributed by atoms with Gasteiger partial charge in [0, 0.05) is 32.6 Å². The number of rotatable bonds is 5. The third-order valence-electron chi connectivity index (χ3n) is 5.96. The fraction of sp³-hybridized carbons (Fsp3) is 0.476. The largest absolute Gasteiger partial charge is 0.480 e. The minimum atomic E-state index is 0.144. The summed E-state index contributed by atoms with van der Waals surface area (Å²) in [5.41, 5.74) is 1.42. The van der Waals surface area contributed by atoms with E-state index in [1.165, 1.54) is 0 Å². The molecule has 0 aromatic carbocycles. The van der Waals surface area contributed by atoms with Crippen molar-refractivity contribution in [3.05, 3.63) is 42.2 Å². The van der Waals surface area contributed by atoms with Gasteiger partial charge in [0.15, 0.2) is 0 Å². The summed E-state index contributed by atoms with van der Waals surface area (Å²) < 4.78 is 11.1. The second-order valence-electron chi connectivity index (χ2n) is 7.46. The molecule has 2 aromatic rings. The fourth-order valence-corrected chi connectivity index (χ4v) is 4.62. The zero-order chi connectivity index (χ0) is 19.5. The molecule has 1 saturated heterocycles. The van der Waals surface area contributed by atoms with E-state index in [0.29, 0.717) is 23.3 Å². The number of ether oxygens (including phenoxy) is 2. The second-order valence-corrected chi connectivity index (χ2v) is 7.46. The fourth-order valence-electron chi connectivity index (χ4n) is 4.62. The lowest BCUT2D eigenvalue weighted by atomic mass is 9.77. The van der Waals surface area contributed by atoms with E-state index in [0.717, 1.165) is 37.4 Å². The molecule has 1 aliphatic carbocycles. The number of nitrogens with zero attached hydrogens (tertiary/aromatic N) is 4. The first-order chi connectivity index (χ1) is 13.7. The molecule has 1 N–H and O–H groups in total. The van der Waals surface area contributed by atoms with Gasteiger partial charge >= 0.3 is 0 Å². The number of pyridine rings is 2. The van der Waals surface area contributed by atoms with E-state index in [2.05, 4.69) is 26.3 Å². The maximum atomic E-state index is 9.60. The van der Waals surface area contributed by atoms with Gasteiger partial charge < -0.3 is 19.7 Å². The lowest BCUT2D eigenvalue weighted by molar-refractivity contribution is 0.0305. The van der Waals surface area contributed by atoms with Crippen LogP contribution in [-0.2, 0) is 4.74 Å². The Bertz CT molecular complexity index is 854. The normalized spacial score (nSPS) is 26.4. The summed E-state index contributed by atoms with van der Waals surface area (Å²) in [4.78, 5) is 10.9. The highest BCUT2D eigenvalue weighted by molar-refractivity contribution is 5.63. The molecular formula is C21H25N5O2. The van der Waals surface area contributed by atoms with Gasteiger partial charge in [0.25, 0.3) is 0 Å². The van der Waals surface area contributed by atoms with Crippen molar-refractivity contribution in [3.8, 4) is 11.9 Å². The molecule has 2 aromatic heterocycles. The highest BCUT2D eigenvalue weighted by Crippen LogP contribution is 2.41. The lowest BCUT2D eigenvalue weighted by Gasteiger charge is -2.37. The van der Waals surface area contributed by atoms with Gasteiger partial charge in [0.1, 0.15) is 17.5 Å². The molecule has 7 nitrogen and oxygen atoms in total. The molecule has 0 amide bonds. The molecule has 146 valence electrons. The first-order valence-corrected chi connectivity index (χ1v) is 9.62. The first kappa shape index (κ1) is 18.5. The number of nitrogens with one attached hydrogen (secondary N) is 1.